The minimum Gasteiger partial charge on any atom is -0.360 e. The number of thioether (sulfide) groups is 1. The molecule has 4 rings (SSSR count). The number of anilines is 2. The third-order valence-electron chi connectivity index (χ3n) is 4.93. The maximum absolute atomic E-state index is 12.5. The molecule has 36 heavy (non-hydrogen) atoms. The molecule has 4 aromatic rings. The molecule has 0 fully saturated rings. The molecule has 0 aliphatic carbocycles. The largest absolute Gasteiger partial charge is 0.360 e. The van der Waals surface area contributed by atoms with Gasteiger partial charge in [-0.25, -0.2) is 13.4 Å². The first-order valence-electron chi connectivity index (χ1n) is 10.8. The van der Waals surface area contributed by atoms with Gasteiger partial charge in [-0.05, 0) is 43.3 Å². The lowest BCUT2D eigenvalue weighted by atomic mass is 10.1. The quantitative estimate of drug-likeness (QED) is 0.300. The van der Waals surface area contributed by atoms with Crippen molar-refractivity contribution < 1.29 is 17.7 Å². The van der Waals surface area contributed by atoms with Gasteiger partial charge in [0.1, 0.15) is 16.9 Å². The van der Waals surface area contributed by atoms with E-state index in [1.807, 2.05) is 30.3 Å². The first-order valence-corrected chi connectivity index (χ1v) is 13.3. The molecule has 1 amide bonds. The topological polar surface area (TPSA) is 138 Å². The van der Waals surface area contributed by atoms with E-state index in [1.54, 1.807) is 19.1 Å². The number of amides is 1. The van der Waals surface area contributed by atoms with Crippen LogP contribution in [0.2, 0.25) is 0 Å². The highest BCUT2D eigenvalue weighted by molar-refractivity contribution is 7.99. The van der Waals surface area contributed by atoms with Crippen LogP contribution in [0.15, 0.2) is 87.2 Å². The molecule has 0 spiro atoms. The molecule has 0 saturated heterocycles. The maximum atomic E-state index is 12.5. The summed E-state index contributed by atoms with van der Waals surface area (Å²) in [6, 6.07) is 22.6. The highest BCUT2D eigenvalue weighted by Gasteiger charge is 2.16. The summed E-state index contributed by atoms with van der Waals surface area (Å²) >= 11 is 1.33. The Hall–Kier alpha value is -4.14. The Morgan fingerprint density at radius 1 is 1.08 bits per heavy atom. The second kappa shape index (κ2) is 11.1. The lowest BCUT2D eigenvalue weighted by Gasteiger charge is -2.09. The SMILES string of the molecule is Cc1cc(NS(=O)(=O)c2ccc(NC(=O)CCSc3nc(-c4ccccc4)ccc3C#N)cc2)no1. The van der Waals surface area contributed by atoms with E-state index in [0.29, 0.717) is 27.8 Å². The summed E-state index contributed by atoms with van der Waals surface area (Å²) < 4.78 is 32.1. The first kappa shape index (κ1) is 25.0. The van der Waals surface area contributed by atoms with E-state index in [4.69, 9.17) is 4.52 Å². The number of hydrogen-bond donors (Lipinski definition) is 2. The summed E-state index contributed by atoms with van der Waals surface area (Å²) in [6.45, 7) is 1.65. The van der Waals surface area contributed by atoms with Crippen LogP contribution in [0.3, 0.4) is 0 Å². The predicted octanol–water partition coefficient (Wildman–Crippen LogP) is 4.84. The van der Waals surface area contributed by atoms with E-state index < -0.39 is 10.0 Å². The second-order valence-corrected chi connectivity index (χ2v) is 10.4. The highest BCUT2D eigenvalue weighted by Crippen LogP contribution is 2.26. The minimum atomic E-state index is -3.84. The summed E-state index contributed by atoms with van der Waals surface area (Å²) in [5, 5.41) is 16.3. The summed E-state index contributed by atoms with van der Waals surface area (Å²) in [4.78, 5) is 17.0. The van der Waals surface area contributed by atoms with Gasteiger partial charge in [-0.2, -0.15) is 5.26 Å². The number of nitrogens with zero attached hydrogens (tertiary/aromatic N) is 3. The molecule has 9 nitrogen and oxygen atoms in total. The predicted molar refractivity (Wildman–Crippen MR) is 137 cm³/mol. The molecular formula is C25H21N5O4S2. The van der Waals surface area contributed by atoms with Gasteiger partial charge in [0.25, 0.3) is 10.0 Å². The van der Waals surface area contributed by atoms with E-state index >= 15 is 0 Å². The zero-order valence-corrected chi connectivity index (χ0v) is 20.8. The fraction of sp³-hybridized carbons (Fsp3) is 0.120. The molecule has 0 unspecified atom stereocenters. The Morgan fingerprint density at radius 3 is 2.50 bits per heavy atom. The Balaban J connectivity index is 1.33. The average molecular weight is 520 g/mol. The van der Waals surface area contributed by atoms with Gasteiger partial charge < -0.3 is 9.84 Å². The molecule has 2 aromatic carbocycles. The standard InChI is InChI=1S/C25H21N5O4S2/c1-17-15-23(29-34-17)30-36(32,33)21-10-8-20(9-11-21)27-24(31)13-14-35-25-19(16-26)7-12-22(28-25)18-5-3-2-4-6-18/h2-12,15H,13-14H2,1H3,(H,27,31)(H,29,30). The van der Waals surface area contributed by atoms with Gasteiger partial charge >= 0.3 is 0 Å². The van der Waals surface area contributed by atoms with E-state index in [0.717, 1.165) is 11.3 Å². The second-order valence-electron chi connectivity index (χ2n) is 7.63. The van der Waals surface area contributed by atoms with Crippen molar-refractivity contribution in [1.29, 1.82) is 5.26 Å². The monoisotopic (exact) mass is 519 g/mol. The van der Waals surface area contributed by atoms with Gasteiger partial charge in [-0.1, -0.05) is 35.5 Å². The average Bonchev–Trinajstić information content (AvgIpc) is 3.28. The van der Waals surface area contributed by atoms with Crippen LogP contribution in [0.4, 0.5) is 11.5 Å². The molecule has 2 N–H and O–H groups in total. The van der Waals surface area contributed by atoms with Gasteiger partial charge in [0.2, 0.25) is 5.91 Å². The van der Waals surface area contributed by atoms with E-state index in [2.05, 4.69) is 26.2 Å². The van der Waals surface area contributed by atoms with Crippen LogP contribution in [0.1, 0.15) is 17.7 Å². The number of hydrogen-bond acceptors (Lipinski definition) is 8. The molecule has 0 atom stereocenters. The lowest BCUT2D eigenvalue weighted by molar-refractivity contribution is -0.115. The first-order chi connectivity index (χ1) is 17.3. The number of nitrogens with one attached hydrogen (secondary N) is 2. The summed E-state index contributed by atoms with van der Waals surface area (Å²) in [5.74, 6) is 0.740. The molecule has 0 bridgehead atoms. The Bertz CT molecular complexity index is 1510. The van der Waals surface area contributed by atoms with Crippen LogP contribution in [0.5, 0.6) is 0 Å². The normalized spacial score (nSPS) is 11.0. The van der Waals surface area contributed by atoms with Crippen molar-refractivity contribution >= 4 is 39.2 Å². The van der Waals surface area contributed by atoms with Crippen LogP contribution in [-0.4, -0.2) is 30.2 Å². The fourth-order valence-corrected chi connectivity index (χ4v) is 5.09. The molecule has 0 saturated carbocycles. The van der Waals surface area contributed by atoms with Gasteiger partial charge in [-0.3, -0.25) is 9.52 Å². The summed E-state index contributed by atoms with van der Waals surface area (Å²) in [5.41, 5.74) is 2.61. The van der Waals surface area contributed by atoms with Crippen LogP contribution in [0.25, 0.3) is 11.3 Å². The fourth-order valence-electron chi connectivity index (χ4n) is 3.20. The van der Waals surface area contributed by atoms with E-state index in [9.17, 15) is 18.5 Å². The molecule has 11 heteroatoms. The number of carbonyl (C=O) groups is 1. The number of sulfonamides is 1. The summed E-state index contributed by atoms with van der Waals surface area (Å²) in [6.07, 6.45) is 0.180. The third-order valence-corrected chi connectivity index (χ3v) is 7.30. The van der Waals surface area contributed by atoms with Crippen molar-refractivity contribution in [3.05, 3.63) is 84.1 Å². The van der Waals surface area contributed by atoms with Crippen molar-refractivity contribution in [2.45, 2.75) is 23.3 Å². The van der Waals surface area contributed by atoms with E-state index in [1.165, 1.54) is 42.1 Å². The van der Waals surface area contributed by atoms with Crippen molar-refractivity contribution in [2.24, 2.45) is 0 Å². The number of pyridine rings is 1. The zero-order chi connectivity index (χ0) is 25.5. The van der Waals surface area contributed by atoms with E-state index in [-0.39, 0.29) is 23.0 Å². The lowest BCUT2D eigenvalue weighted by Crippen LogP contribution is -2.14. The van der Waals surface area contributed by atoms with Gasteiger partial charge in [0, 0.05) is 29.5 Å². The zero-order valence-electron chi connectivity index (χ0n) is 19.1. The van der Waals surface area contributed by atoms with Crippen molar-refractivity contribution in [2.75, 3.05) is 15.8 Å². The minimum absolute atomic E-state index is 0.0186. The molecule has 0 radical (unpaired) electrons. The number of aromatic nitrogens is 2. The highest BCUT2D eigenvalue weighted by atomic mass is 32.2. The van der Waals surface area contributed by atoms with Gasteiger partial charge in [0.05, 0.1) is 16.2 Å². The Labute approximate surface area is 212 Å². The van der Waals surface area contributed by atoms with Crippen LogP contribution in [-0.2, 0) is 14.8 Å². The molecule has 2 heterocycles. The van der Waals surface area contributed by atoms with Crippen LogP contribution >= 0.6 is 11.8 Å². The van der Waals surface area contributed by atoms with Gasteiger partial charge in [0.15, 0.2) is 5.82 Å². The van der Waals surface area contributed by atoms with Crippen molar-refractivity contribution in [1.82, 2.24) is 10.1 Å². The number of benzene rings is 2. The Morgan fingerprint density at radius 2 is 1.83 bits per heavy atom. The Kier molecular flexibility index (Phi) is 7.68. The number of nitriles is 1. The van der Waals surface area contributed by atoms with Gasteiger partial charge in [-0.15, -0.1) is 11.8 Å². The maximum Gasteiger partial charge on any atom is 0.263 e. The van der Waals surface area contributed by atoms with Crippen LogP contribution < -0.4 is 10.0 Å². The number of carbonyl (C=O) groups excluding carboxylic acids is 1. The smallest absolute Gasteiger partial charge is 0.263 e. The molecule has 0 aliphatic heterocycles. The molecule has 182 valence electrons. The summed E-state index contributed by atoms with van der Waals surface area (Å²) in [7, 11) is -3.84. The number of aryl methyl sites for hydroxylation is 1. The molecule has 0 aliphatic rings. The molecule has 2 aromatic heterocycles. The number of rotatable bonds is 9. The molecular weight excluding hydrogens is 498 g/mol. The van der Waals surface area contributed by atoms with Crippen LogP contribution in [0, 0.1) is 18.3 Å². The van der Waals surface area contributed by atoms with Crippen molar-refractivity contribution in [3.8, 4) is 17.3 Å². The van der Waals surface area contributed by atoms with Crippen molar-refractivity contribution in [3.63, 3.8) is 0 Å². The third kappa shape index (κ3) is 6.29.